The molecule has 8 nitrogen and oxygen atoms in total. The lowest BCUT2D eigenvalue weighted by atomic mass is 10.1. The van der Waals surface area contributed by atoms with Crippen LogP contribution in [0.5, 0.6) is 0 Å². The first kappa shape index (κ1) is 16.5. The molecule has 0 aromatic carbocycles. The number of primary amides is 1. The van der Waals surface area contributed by atoms with Crippen molar-refractivity contribution in [2.75, 3.05) is 0 Å². The molecule has 3 aromatic rings. The molecular formula is C14H10F3N5O3. The summed E-state index contributed by atoms with van der Waals surface area (Å²) in [5.41, 5.74) is 6.76. The minimum atomic E-state index is -5.26. The van der Waals surface area contributed by atoms with Crippen LogP contribution in [0, 0.1) is 0 Å². The first-order valence-corrected chi connectivity index (χ1v) is 6.81. The molecule has 3 aromatic heterocycles. The maximum absolute atomic E-state index is 12.3. The van der Waals surface area contributed by atoms with Crippen molar-refractivity contribution in [3.63, 3.8) is 0 Å². The number of ether oxygens (including phenoxy) is 1. The van der Waals surface area contributed by atoms with Crippen molar-refractivity contribution in [1.82, 2.24) is 19.7 Å². The second-order valence-electron chi connectivity index (χ2n) is 4.97. The molecule has 3 rings (SSSR count). The minimum absolute atomic E-state index is 0.473. The third-order valence-corrected chi connectivity index (χ3v) is 3.31. The van der Waals surface area contributed by atoms with Crippen LogP contribution in [0.15, 0.2) is 36.9 Å². The number of nitrogens with one attached hydrogen (secondary N) is 1. The van der Waals surface area contributed by atoms with Crippen molar-refractivity contribution in [2.45, 2.75) is 12.4 Å². The molecule has 0 radical (unpaired) electrons. The van der Waals surface area contributed by atoms with Gasteiger partial charge in [-0.1, -0.05) is 0 Å². The summed E-state index contributed by atoms with van der Waals surface area (Å²) < 4.78 is 41.9. The highest BCUT2D eigenvalue weighted by molar-refractivity contribution is 5.92. The number of carbonyl (C=O) groups is 2. The highest BCUT2D eigenvalue weighted by Crippen LogP contribution is 2.28. The highest BCUT2D eigenvalue weighted by Gasteiger charge is 2.43. The molecule has 11 heteroatoms. The number of aromatic nitrogens is 4. The van der Waals surface area contributed by atoms with Gasteiger partial charge >= 0.3 is 12.1 Å². The van der Waals surface area contributed by atoms with E-state index in [1.165, 1.54) is 18.6 Å². The molecule has 0 spiro atoms. The predicted octanol–water partition coefficient (Wildman–Crippen LogP) is 1.52. The molecule has 1 amide bonds. The van der Waals surface area contributed by atoms with Crippen molar-refractivity contribution >= 4 is 22.9 Å². The van der Waals surface area contributed by atoms with Crippen molar-refractivity contribution in [1.29, 1.82) is 0 Å². The average Bonchev–Trinajstić information content (AvgIpc) is 3.19. The standard InChI is InChI=1S/C14H10F3N5O3/c15-14(16,17)13(24)25-12(10(18)23)22-6-7(5-21-22)8-1-3-19-11-9(8)2-4-20-11/h1-6,12H,(H2,18,23)(H,19,20). The molecule has 0 saturated carbocycles. The molecule has 0 fully saturated rings. The van der Waals surface area contributed by atoms with E-state index in [-0.39, 0.29) is 0 Å². The van der Waals surface area contributed by atoms with E-state index in [9.17, 15) is 22.8 Å². The van der Waals surface area contributed by atoms with E-state index in [1.54, 1.807) is 18.3 Å². The fourth-order valence-electron chi connectivity index (χ4n) is 2.23. The molecule has 0 aliphatic carbocycles. The van der Waals surface area contributed by atoms with Gasteiger partial charge in [0.25, 0.3) is 12.1 Å². The number of H-pyrrole nitrogens is 1. The average molecular weight is 353 g/mol. The van der Waals surface area contributed by atoms with Crippen LogP contribution >= 0.6 is 0 Å². The van der Waals surface area contributed by atoms with Gasteiger partial charge in [0.15, 0.2) is 0 Å². The Kier molecular flexibility index (Phi) is 3.91. The summed E-state index contributed by atoms with van der Waals surface area (Å²) in [5, 5.41) is 4.52. The minimum Gasteiger partial charge on any atom is -0.423 e. The maximum atomic E-state index is 12.3. The number of amides is 1. The van der Waals surface area contributed by atoms with Gasteiger partial charge in [0, 0.05) is 29.5 Å². The smallest absolute Gasteiger partial charge is 0.423 e. The van der Waals surface area contributed by atoms with Crippen LogP contribution in [0.3, 0.4) is 0 Å². The molecule has 130 valence electrons. The van der Waals surface area contributed by atoms with E-state index in [0.717, 1.165) is 10.1 Å². The number of hydrogen-bond donors (Lipinski definition) is 2. The molecule has 1 unspecified atom stereocenters. The summed E-state index contributed by atoms with van der Waals surface area (Å²) in [4.78, 5) is 29.4. The summed E-state index contributed by atoms with van der Waals surface area (Å²) >= 11 is 0. The maximum Gasteiger partial charge on any atom is 0.491 e. The monoisotopic (exact) mass is 353 g/mol. The van der Waals surface area contributed by atoms with Gasteiger partial charge in [0.05, 0.1) is 6.20 Å². The van der Waals surface area contributed by atoms with Gasteiger partial charge in [-0.2, -0.15) is 18.3 Å². The topological polar surface area (TPSA) is 116 Å². The number of nitrogens with zero attached hydrogens (tertiary/aromatic N) is 3. The Bertz CT molecular complexity index is 946. The van der Waals surface area contributed by atoms with Crippen molar-refractivity contribution < 1.29 is 27.5 Å². The number of esters is 1. The van der Waals surface area contributed by atoms with Crippen molar-refractivity contribution in [3.8, 4) is 11.1 Å². The Labute approximate surface area is 137 Å². The Hall–Kier alpha value is -3.37. The molecule has 3 heterocycles. The number of nitrogens with two attached hydrogens (primary N) is 1. The van der Waals surface area contributed by atoms with E-state index in [4.69, 9.17) is 5.73 Å². The van der Waals surface area contributed by atoms with Gasteiger partial charge in [-0.15, -0.1) is 0 Å². The van der Waals surface area contributed by atoms with Gasteiger partial charge in [-0.3, -0.25) is 4.79 Å². The Morgan fingerprint density at radius 3 is 2.76 bits per heavy atom. The molecule has 3 N–H and O–H groups in total. The summed E-state index contributed by atoms with van der Waals surface area (Å²) in [6, 6.07) is 3.42. The first-order chi connectivity index (χ1) is 11.8. The number of pyridine rings is 1. The second kappa shape index (κ2) is 5.92. The van der Waals surface area contributed by atoms with Crippen LogP contribution in [0.4, 0.5) is 13.2 Å². The quantitative estimate of drug-likeness (QED) is 0.690. The SMILES string of the molecule is NC(=O)C(OC(=O)C(F)(F)F)n1cc(-c2ccnc3[nH]ccc23)cn1. The van der Waals surface area contributed by atoms with Crippen molar-refractivity contribution in [2.24, 2.45) is 5.73 Å². The van der Waals surface area contributed by atoms with Gasteiger partial charge in [-0.05, 0) is 17.7 Å². The van der Waals surface area contributed by atoms with E-state index in [1.807, 2.05) is 0 Å². The third-order valence-electron chi connectivity index (χ3n) is 3.31. The lowest BCUT2D eigenvalue weighted by Gasteiger charge is -2.15. The highest BCUT2D eigenvalue weighted by atomic mass is 19.4. The summed E-state index contributed by atoms with van der Waals surface area (Å²) in [7, 11) is 0. The van der Waals surface area contributed by atoms with Crippen LogP contribution < -0.4 is 5.73 Å². The number of halogens is 3. The van der Waals surface area contributed by atoms with E-state index < -0.39 is 24.3 Å². The normalized spacial score (nSPS) is 12.9. The van der Waals surface area contributed by atoms with Gasteiger partial charge in [-0.25, -0.2) is 14.5 Å². The van der Waals surface area contributed by atoms with E-state index >= 15 is 0 Å². The number of alkyl halides is 3. The first-order valence-electron chi connectivity index (χ1n) is 6.81. The van der Waals surface area contributed by atoms with E-state index in [0.29, 0.717) is 16.8 Å². The second-order valence-corrected chi connectivity index (χ2v) is 4.97. The van der Waals surface area contributed by atoms with Crippen LogP contribution in [-0.4, -0.2) is 37.8 Å². The molecule has 0 aliphatic heterocycles. The van der Waals surface area contributed by atoms with E-state index in [2.05, 4.69) is 19.8 Å². The molecule has 0 aliphatic rings. The zero-order valence-corrected chi connectivity index (χ0v) is 12.3. The Morgan fingerprint density at radius 1 is 1.32 bits per heavy atom. The number of rotatable bonds is 4. The zero-order valence-electron chi connectivity index (χ0n) is 12.3. The fraction of sp³-hybridized carbons (Fsp3) is 0.143. The lowest BCUT2D eigenvalue weighted by molar-refractivity contribution is -0.209. The van der Waals surface area contributed by atoms with Crippen molar-refractivity contribution in [3.05, 3.63) is 36.9 Å². The number of aromatic amines is 1. The predicted molar refractivity (Wildman–Crippen MR) is 77.7 cm³/mol. The largest absolute Gasteiger partial charge is 0.491 e. The molecular weight excluding hydrogens is 343 g/mol. The Balaban J connectivity index is 1.94. The summed E-state index contributed by atoms with van der Waals surface area (Å²) in [5.74, 6) is -3.83. The van der Waals surface area contributed by atoms with Gasteiger partial charge in [0.2, 0.25) is 0 Å². The number of hydrogen-bond acceptors (Lipinski definition) is 5. The van der Waals surface area contributed by atoms with Gasteiger partial charge in [0.1, 0.15) is 5.65 Å². The van der Waals surface area contributed by atoms with Gasteiger partial charge < -0.3 is 15.5 Å². The molecule has 0 saturated heterocycles. The fourth-order valence-corrected chi connectivity index (χ4v) is 2.23. The van der Waals surface area contributed by atoms with Crippen LogP contribution in [0.25, 0.3) is 22.2 Å². The molecule has 25 heavy (non-hydrogen) atoms. The van der Waals surface area contributed by atoms with Crippen LogP contribution in [0.2, 0.25) is 0 Å². The lowest BCUT2D eigenvalue weighted by Crippen LogP contribution is -2.35. The molecule has 0 bridgehead atoms. The van der Waals surface area contributed by atoms with Crippen LogP contribution in [-0.2, 0) is 14.3 Å². The Morgan fingerprint density at radius 2 is 2.08 bits per heavy atom. The molecule has 1 atom stereocenters. The summed E-state index contributed by atoms with van der Waals surface area (Å²) in [6.07, 6.45) is -1.53. The zero-order chi connectivity index (χ0) is 18.2. The summed E-state index contributed by atoms with van der Waals surface area (Å²) in [6.45, 7) is 0. The number of fused-ring (bicyclic) bond motifs is 1. The van der Waals surface area contributed by atoms with Crippen LogP contribution in [0.1, 0.15) is 6.23 Å². The third kappa shape index (κ3) is 3.16. The number of carbonyl (C=O) groups excluding carboxylic acids is 2.